The van der Waals surface area contributed by atoms with Crippen LogP contribution in [-0.4, -0.2) is 50.1 Å². The Labute approximate surface area is 167 Å². The van der Waals surface area contributed by atoms with E-state index in [0.29, 0.717) is 16.4 Å². The molecule has 0 bridgehead atoms. The van der Waals surface area contributed by atoms with Gasteiger partial charge in [-0.05, 0) is 13.0 Å². The minimum absolute atomic E-state index is 0.0421. The average Bonchev–Trinajstić information content (AvgIpc) is 2.70. The second-order valence-electron chi connectivity index (χ2n) is 5.43. The summed E-state index contributed by atoms with van der Waals surface area (Å²) >= 11 is 1.29. The van der Waals surface area contributed by atoms with Crippen molar-refractivity contribution < 1.29 is 28.8 Å². The lowest BCUT2D eigenvalue weighted by Crippen LogP contribution is -2.37. The molecule has 10 heteroatoms. The Balaban J connectivity index is 2.39. The topological polar surface area (TPSA) is 125 Å². The first-order valence-corrected chi connectivity index (χ1v) is 9.10. The first-order chi connectivity index (χ1) is 13.4. The Kier molecular flexibility index (Phi) is 7.59. The summed E-state index contributed by atoms with van der Waals surface area (Å²) in [7, 11) is 4.50. The molecule has 152 valence electrons. The number of carboxylic acid groups (broad SMARTS) is 1. The fourth-order valence-electron chi connectivity index (χ4n) is 2.34. The van der Waals surface area contributed by atoms with Crippen molar-refractivity contribution in [2.24, 2.45) is 10.7 Å². The summed E-state index contributed by atoms with van der Waals surface area (Å²) < 4.78 is 21.3. The number of thioether (sulfide) groups is 1. The summed E-state index contributed by atoms with van der Waals surface area (Å²) in [6.07, 6.45) is 1.96. The van der Waals surface area contributed by atoms with Crippen LogP contribution in [0.2, 0.25) is 0 Å². The molecular formula is C18H23N3O6S. The SMILES string of the molecule is COC1=CC(OC)=NC(Oc2cccc(/C(=C/N)SC(C)OC)c2C(=O)O)N1. The number of aromatic carboxylic acids is 1. The maximum atomic E-state index is 12.0. The third-order valence-electron chi connectivity index (χ3n) is 3.71. The van der Waals surface area contributed by atoms with Gasteiger partial charge >= 0.3 is 5.97 Å². The van der Waals surface area contributed by atoms with Crippen LogP contribution in [0.1, 0.15) is 22.8 Å². The molecule has 2 unspecified atom stereocenters. The van der Waals surface area contributed by atoms with Crippen LogP contribution in [0.25, 0.3) is 4.91 Å². The number of rotatable bonds is 8. The van der Waals surface area contributed by atoms with Crippen LogP contribution >= 0.6 is 11.8 Å². The molecule has 0 fully saturated rings. The van der Waals surface area contributed by atoms with Crippen molar-refractivity contribution in [3.63, 3.8) is 0 Å². The largest absolute Gasteiger partial charge is 0.482 e. The smallest absolute Gasteiger partial charge is 0.340 e. The number of carboxylic acids is 1. The lowest BCUT2D eigenvalue weighted by Gasteiger charge is -2.24. The van der Waals surface area contributed by atoms with E-state index in [2.05, 4.69) is 10.3 Å². The van der Waals surface area contributed by atoms with Gasteiger partial charge in [-0.2, -0.15) is 4.99 Å². The Bertz CT molecular complexity index is 809. The molecule has 4 N–H and O–H groups in total. The molecule has 1 heterocycles. The van der Waals surface area contributed by atoms with E-state index in [0.717, 1.165) is 0 Å². The van der Waals surface area contributed by atoms with E-state index in [-0.39, 0.29) is 22.6 Å². The van der Waals surface area contributed by atoms with Crippen LogP contribution in [0.15, 0.2) is 41.4 Å². The molecule has 0 saturated heterocycles. The predicted octanol–water partition coefficient (Wildman–Crippen LogP) is 2.17. The molecule has 0 spiro atoms. The number of aliphatic imine (C=N–C) groups is 1. The van der Waals surface area contributed by atoms with Crippen molar-refractivity contribution in [3.05, 3.63) is 47.5 Å². The Morgan fingerprint density at radius 1 is 1.36 bits per heavy atom. The van der Waals surface area contributed by atoms with Gasteiger partial charge in [0.05, 0.1) is 20.3 Å². The zero-order valence-corrected chi connectivity index (χ0v) is 16.8. The van der Waals surface area contributed by atoms with Gasteiger partial charge in [-0.15, -0.1) is 0 Å². The number of ether oxygens (including phenoxy) is 4. The molecule has 1 aliphatic heterocycles. The van der Waals surface area contributed by atoms with E-state index >= 15 is 0 Å². The van der Waals surface area contributed by atoms with Crippen LogP contribution in [0.3, 0.4) is 0 Å². The molecule has 0 radical (unpaired) electrons. The van der Waals surface area contributed by atoms with Gasteiger partial charge in [0, 0.05) is 23.8 Å². The van der Waals surface area contributed by atoms with Crippen molar-refractivity contribution in [2.45, 2.75) is 18.7 Å². The third kappa shape index (κ3) is 5.11. The van der Waals surface area contributed by atoms with Gasteiger partial charge < -0.3 is 35.1 Å². The summed E-state index contributed by atoms with van der Waals surface area (Å²) in [4.78, 5) is 16.7. The fraction of sp³-hybridized carbons (Fsp3) is 0.333. The van der Waals surface area contributed by atoms with Crippen molar-refractivity contribution in [2.75, 3.05) is 21.3 Å². The van der Waals surface area contributed by atoms with Gasteiger partial charge in [-0.1, -0.05) is 23.9 Å². The normalized spacial score (nSPS) is 17.7. The molecule has 0 saturated carbocycles. The first-order valence-electron chi connectivity index (χ1n) is 8.22. The van der Waals surface area contributed by atoms with Crippen LogP contribution in [-0.2, 0) is 14.2 Å². The average molecular weight is 409 g/mol. The Morgan fingerprint density at radius 2 is 2.11 bits per heavy atom. The summed E-state index contributed by atoms with van der Waals surface area (Å²) in [5.74, 6) is -0.397. The summed E-state index contributed by atoms with van der Waals surface area (Å²) in [5.41, 5.74) is 5.89. The molecular weight excluding hydrogens is 386 g/mol. The quantitative estimate of drug-likeness (QED) is 0.554. The highest BCUT2D eigenvalue weighted by Crippen LogP contribution is 2.36. The predicted molar refractivity (Wildman–Crippen MR) is 107 cm³/mol. The summed E-state index contributed by atoms with van der Waals surface area (Å²) in [5, 5.41) is 12.7. The number of hydrogen-bond acceptors (Lipinski definition) is 9. The molecule has 1 aromatic rings. The number of methoxy groups -OCH3 is 3. The van der Waals surface area contributed by atoms with E-state index in [4.69, 9.17) is 24.7 Å². The Hall–Kier alpha value is -2.85. The number of nitrogens with two attached hydrogens (primary N) is 1. The first kappa shape index (κ1) is 21.5. The van der Waals surface area contributed by atoms with Crippen molar-refractivity contribution in [3.8, 4) is 5.75 Å². The number of nitrogens with one attached hydrogen (secondary N) is 1. The molecule has 28 heavy (non-hydrogen) atoms. The van der Waals surface area contributed by atoms with Gasteiger partial charge in [0.2, 0.25) is 5.90 Å². The zero-order chi connectivity index (χ0) is 20.7. The van der Waals surface area contributed by atoms with Crippen molar-refractivity contribution in [1.29, 1.82) is 0 Å². The number of benzene rings is 1. The minimum atomic E-state index is -1.16. The van der Waals surface area contributed by atoms with E-state index in [1.807, 2.05) is 6.92 Å². The van der Waals surface area contributed by atoms with E-state index in [1.165, 1.54) is 32.2 Å². The van der Waals surface area contributed by atoms with Crippen LogP contribution in [0.4, 0.5) is 0 Å². The van der Waals surface area contributed by atoms with Gasteiger partial charge in [0.25, 0.3) is 6.35 Å². The minimum Gasteiger partial charge on any atom is -0.482 e. The zero-order valence-electron chi connectivity index (χ0n) is 16.0. The molecule has 1 aromatic carbocycles. The second-order valence-corrected chi connectivity index (χ2v) is 6.77. The number of nitrogens with zero attached hydrogens (tertiary/aromatic N) is 1. The molecule has 2 rings (SSSR count). The van der Waals surface area contributed by atoms with Crippen LogP contribution in [0, 0.1) is 0 Å². The summed E-state index contributed by atoms with van der Waals surface area (Å²) in [6.45, 7) is 1.83. The highest BCUT2D eigenvalue weighted by Gasteiger charge is 2.24. The van der Waals surface area contributed by atoms with Crippen LogP contribution in [0.5, 0.6) is 5.75 Å². The van der Waals surface area contributed by atoms with Crippen LogP contribution < -0.4 is 15.8 Å². The standard InChI is InChI=1S/C18H23N3O6S/c1-10(24-2)28-13(9-19)11-6-5-7-12(16(11)17(22)23)27-18-20-14(25-3)8-15(21-18)26-4/h5-10,18,20H,19H2,1-4H3,(H,22,23)/b13-9-. The van der Waals surface area contributed by atoms with Gasteiger partial charge in [-0.25, -0.2) is 4.79 Å². The van der Waals surface area contributed by atoms with Gasteiger partial charge in [0.15, 0.2) is 5.88 Å². The molecule has 0 amide bonds. The molecule has 1 aliphatic rings. The maximum absolute atomic E-state index is 12.0. The third-order valence-corrected chi connectivity index (χ3v) is 4.85. The highest BCUT2D eigenvalue weighted by molar-refractivity contribution is 8.08. The molecule has 2 atom stereocenters. The fourth-order valence-corrected chi connectivity index (χ4v) is 3.17. The van der Waals surface area contributed by atoms with Gasteiger partial charge in [-0.3, -0.25) is 0 Å². The maximum Gasteiger partial charge on any atom is 0.340 e. The lowest BCUT2D eigenvalue weighted by atomic mass is 10.1. The van der Waals surface area contributed by atoms with E-state index < -0.39 is 12.3 Å². The lowest BCUT2D eigenvalue weighted by molar-refractivity contribution is 0.0685. The van der Waals surface area contributed by atoms with Crippen molar-refractivity contribution in [1.82, 2.24) is 5.32 Å². The summed E-state index contributed by atoms with van der Waals surface area (Å²) in [6, 6.07) is 4.87. The molecule has 0 aromatic heterocycles. The van der Waals surface area contributed by atoms with E-state index in [9.17, 15) is 9.90 Å². The van der Waals surface area contributed by atoms with E-state index in [1.54, 1.807) is 31.4 Å². The second kappa shape index (κ2) is 9.90. The van der Waals surface area contributed by atoms with Crippen molar-refractivity contribution >= 4 is 28.5 Å². The Morgan fingerprint density at radius 3 is 2.68 bits per heavy atom. The highest BCUT2D eigenvalue weighted by atomic mass is 32.2. The molecule has 0 aliphatic carbocycles. The monoisotopic (exact) mass is 409 g/mol. The number of carbonyl (C=O) groups is 1. The van der Waals surface area contributed by atoms with Gasteiger partial charge in [0.1, 0.15) is 16.7 Å². The number of hydrogen-bond donors (Lipinski definition) is 3. The molecule has 9 nitrogen and oxygen atoms in total.